The number of amides is 2. The van der Waals surface area contributed by atoms with E-state index in [4.69, 9.17) is 14.2 Å². The third-order valence-corrected chi connectivity index (χ3v) is 6.31. The summed E-state index contributed by atoms with van der Waals surface area (Å²) in [5.74, 6) is 1.63. The Bertz CT molecular complexity index is 1000. The van der Waals surface area contributed by atoms with Crippen molar-refractivity contribution in [2.45, 2.75) is 52.4 Å². The molecule has 0 aromatic heterocycles. The van der Waals surface area contributed by atoms with Crippen molar-refractivity contribution < 1.29 is 23.8 Å². The second-order valence-corrected chi connectivity index (χ2v) is 8.96. The smallest absolute Gasteiger partial charge is 0.298 e. The molecule has 0 aliphatic carbocycles. The number of thioether (sulfide) groups is 1. The van der Waals surface area contributed by atoms with E-state index in [1.165, 1.54) is 30.6 Å². The van der Waals surface area contributed by atoms with Gasteiger partial charge in [0.25, 0.3) is 11.1 Å². The van der Waals surface area contributed by atoms with Gasteiger partial charge in [-0.1, -0.05) is 45.1 Å². The van der Waals surface area contributed by atoms with E-state index in [0.29, 0.717) is 41.1 Å². The lowest BCUT2D eigenvalue weighted by Crippen LogP contribution is -2.27. The fourth-order valence-electron chi connectivity index (χ4n) is 3.66. The third kappa shape index (κ3) is 6.79. The van der Waals surface area contributed by atoms with E-state index in [1.807, 2.05) is 25.1 Å². The molecule has 0 N–H and O–H groups in total. The summed E-state index contributed by atoms with van der Waals surface area (Å²) in [6.07, 6.45) is 8.92. The predicted octanol–water partition coefficient (Wildman–Crippen LogP) is 7.07. The number of carbonyl (C=O) groups is 2. The van der Waals surface area contributed by atoms with E-state index in [2.05, 4.69) is 6.92 Å². The molecule has 2 amide bonds. The van der Waals surface area contributed by atoms with Gasteiger partial charge in [0.15, 0.2) is 11.5 Å². The minimum absolute atomic E-state index is 0.328. The highest BCUT2D eigenvalue weighted by atomic mass is 32.2. The molecule has 6 nitrogen and oxygen atoms in total. The fraction of sp³-hybridized carbons (Fsp3) is 0.407. The molecular weight excluding hydrogens is 450 g/mol. The molecule has 0 radical (unpaired) electrons. The molecule has 2 aromatic rings. The Hall–Kier alpha value is -2.93. The van der Waals surface area contributed by atoms with Crippen LogP contribution >= 0.6 is 11.8 Å². The van der Waals surface area contributed by atoms with Crippen LogP contribution in [0.1, 0.15) is 57.9 Å². The quantitative estimate of drug-likeness (QED) is 0.224. The SMILES string of the molecule is CCCCCCCCOc1ccc(/C=C2\SC(=O)N(c3ccc(OCC)cc3)C2=O)cc1OC. The number of carbonyl (C=O) groups excluding carboxylic acids is 2. The maximum absolute atomic E-state index is 13.0. The van der Waals surface area contributed by atoms with Gasteiger partial charge in [-0.25, -0.2) is 4.90 Å². The van der Waals surface area contributed by atoms with Gasteiger partial charge in [0, 0.05) is 0 Å². The number of hydrogen-bond donors (Lipinski definition) is 0. The molecule has 182 valence electrons. The average molecular weight is 484 g/mol. The van der Waals surface area contributed by atoms with Gasteiger partial charge in [-0.2, -0.15) is 0 Å². The summed E-state index contributed by atoms with van der Waals surface area (Å²) < 4.78 is 16.8. The Balaban J connectivity index is 1.64. The number of nitrogens with zero attached hydrogens (tertiary/aromatic N) is 1. The highest BCUT2D eigenvalue weighted by Crippen LogP contribution is 2.37. The Morgan fingerprint density at radius 2 is 1.62 bits per heavy atom. The van der Waals surface area contributed by atoms with E-state index in [0.717, 1.165) is 30.2 Å². The van der Waals surface area contributed by atoms with E-state index in [1.54, 1.807) is 37.5 Å². The normalized spacial score (nSPS) is 14.7. The summed E-state index contributed by atoms with van der Waals surface area (Å²) in [4.78, 5) is 27.0. The molecular formula is C27H33NO5S. The lowest BCUT2D eigenvalue weighted by molar-refractivity contribution is -0.113. The molecule has 0 spiro atoms. The third-order valence-electron chi connectivity index (χ3n) is 5.44. The molecule has 1 aliphatic rings. The van der Waals surface area contributed by atoms with Crippen LogP contribution in [0.4, 0.5) is 10.5 Å². The highest BCUT2D eigenvalue weighted by Gasteiger charge is 2.36. The molecule has 0 atom stereocenters. The zero-order valence-electron chi connectivity index (χ0n) is 20.2. The molecule has 0 bridgehead atoms. The van der Waals surface area contributed by atoms with E-state index < -0.39 is 0 Å². The van der Waals surface area contributed by atoms with Crippen LogP contribution in [-0.4, -0.2) is 31.5 Å². The number of rotatable bonds is 13. The first-order valence-corrected chi connectivity index (χ1v) is 12.7. The second kappa shape index (κ2) is 13.1. The van der Waals surface area contributed by atoms with Gasteiger partial charge in [0.2, 0.25) is 0 Å². The number of methoxy groups -OCH3 is 1. The van der Waals surface area contributed by atoms with Gasteiger partial charge in [-0.05, 0) is 73.1 Å². The molecule has 1 saturated heterocycles. The maximum atomic E-state index is 13.0. The van der Waals surface area contributed by atoms with Gasteiger partial charge in [0.1, 0.15) is 5.75 Å². The maximum Gasteiger partial charge on any atom is 0.298 e. The molecule has 7 heteroatoms. The number of anilines is 1. The fourth-order valence-corrected chi connectivity index (χ4v) is 4.50. The summed E-state index contributed by atoms with van der Waals surface area (Å²) in [6.45, 7) is 5.31. The number of unbranched alkanes of at least 4 members (excludes halogenated alkanes) is 5. The molecule has 1 fully saturated rings. The van der Waals surface area contributed by atoms with Crippen molar-refractivity contribution in [2.75, 3.05) is 25.2 Å². The van der Waals surface area contributed by atoms with Crippen LogP contribution in [0.15, 0.2) is 47.4 Å². The van der Waals surface area contributed by atoms with E-state index in [9.17, 15) is 9.59 Å². The molecule has 2 aromatic carbocycles. The Morgan fingerprint density at radius 3 is 2.32 bits per heavy atom. The number of imide groups is 1. The summed E-state index contributed by atoms with van der Waals surface area (Å²) in [5, 5.41) is -0.328. The minimum atomic E-state index is -0.346. The molecule has 34 heavy (non-hydrogen) atoms. The first kappa shape index (κ1) is 25.7. The Kier molecular flexibility index (Phi) is 9.89. The van der Waals surface area contributed by atoms with Crippen molar-refractivity contribution in [3.05, 3.63) is 52.9 Å². The van der Waals surface area contributed by atoms with Gasteiger partial charge in [-0.15, -0.1) is 0 Å². The van der Waals surface area contributed by atoms with Gasteiger partial charge < -0.3 is 14.2 Å². The van der Waals surface area contributed by atoms with Crippen LogP contribution in [0.2, 0.25) is 0 Å². The van der Waals surface area contributed by atoms with E-state index >= 15 is 0 Å². The van der Waals surface area contributed by atoms with Gasteiger partial charge in [0.05, 0.1) is 30.9 Å². The van der Waals surface area contributed by atoms with Crippen molar-refractivity contribution in [1.82, 2.24) is 0 Å². The van der Waals surface area contributed by atoms with Crippen molar-refractivity contribution in [3.8, 4) is 17.2 Å². The van der Waals surface area contributed by atoms with Gasteiger partial charge >= 0.3 is 0 Å². The Labute approximate surface area is 206 Å². The zero-order valence-corrected chi connectivity index (χ0v) is 21.0. The van der Waals surface area contributed by atoms with E-state index in [-0.39, 0.29) is 11.1 Å². The predicted molar refractivity (Wildman–Crippen MR) is 138 cm³/mol. The first-order chi connectivity index (χ1) is 16.6. The van der Waals surface area contributed by atoms with Crippen LogP contribution in [0.5, 0.6) is 17.2 Å². The highest BCUT2D eigenvalue weighted by molar-refractivity contribution is 8.19. The lowest BCUT2D eigenvalue weighted by atomic mass is 10.1. The van der Waals surface area contributed by atoms with Gasteiger partial charge in [-0.3, -0.25) is 9.59 Å². The average Bonchev–Trinajstić information content (AvgIpc) is 3.12. The topological polar surface area (TPSA) is 65.1 Å². The summed E-state index contributed by atoms with van der Waals surface area (Å²) >= 11 is 0.924. The zero-order chi connectivity index (χ0) is 24.3. The molecule has 1 heterocycles. The van der Waals surface area contributed by atoms with Crippen molar-refractivity contribution in [1.29, 1.82) is 0 Å². The minimum Gasteiger partial charge on any atom is -0.494 e. The van der Waals surface area contributed by atoms with Crippen LogP contribution < -0.4 is 19.1 Å². The Morgan fingerprint density at radius 1 is 0.882 bits per heavy atom. The van der Waals surface area contributed by atoms with Crippen molar-refractivity contribution in [3.63, 3.8) is 0 Å². The molecule has 0 saturated carbocycles. The summed E-state index contributed by atoms with van der Waals surface area (Å²) in [6, 6.07) is 12.5. The monoisotopic (exact) mass is 483 g/mol. The van der Waals surface area contributed by atoms with Crippen molar-refractivity contribution in [2.24, 2.45) is 0 Å². The molecule has 3 rings (SSSR count). The lowest BCUT2D eigenvalue weighted by Gasteiger charge is -2.13. The number of hydrogen-bond acceptors (Lipinski definition) is 6. The largest absolute Gasteiger partial charge is 0.494 e. The summed E-state index contributed by atoms with van der Waals surface area (Å²) in [5.41, 5.74) is 1.28. The van der Waals surface area contributed by atoms with Crippen LogP contribution in [-0.2, 0) is 4.79 Å². The number of ether oxygens (including phenoxy) is 3. The first-order valence-electron chi connectivity index (χ1n) is 11.9. The number of benzene rings is 2. The molecule has 1 aliphatic heterocycles. The van der Waals surface area contributed by atoms with Crippen molar-refractivity contribution >= 4 is 34.7 Å². The second-order valence-electron chi connectivity index (χ2n) is 7.97. The van der Waals surface area contributed by atoms with Crippen LogP contribution in [0, 0.1) is 0 Å². The van der Waals surface area contributed by atoms with Crippen LogP contribution in [0.3, 0.4) is 0 Å². The summed E-state index contributed by atoms with van der Waals surface area (Å²) in [7, 11) is 1.59. The molecule has 0 unspecified atom stereocenters. The van der Waals surface area contributed by atoms with Crippen LogP contribution in [0.25, 0.3) is 6.08 Å². The standard InChI is InChI=1S/C27H33NO5S/c1-4-6-7-8-9-10-17-33-23-16-11-20(18-24(23)31-3)19-25-26(29)28(27(30)34-25)21-12-14-22(15-13-21)32-5-2/h11-16,18-19H,4-10,17H2,1-3H3/b25-19-.